The van der Waals surface area contributed by atoms with Gasteiger partial charge >= 0.3 is 0 Å². The molecular weight excluding hydrogens is 422 g/mol. The summed E-state index contributed by atoms with van der Waals surface area (Å²) in [5.74, 6) is 6.90. The minimum Gasteiger partial charge on any atom is -0.497 e. The molecule has 0 atom stereocenters. The van der Waals surface area contributed by atoms with Crippen molar-refractivity contribution < 1.29 is 9.47 Å². The SMILES string of the molecule is COc1ccc(COCC#Cc2nc(C)c(Br)c(C)c2Br)cc1. The lowest BCUT2D eigenvalue weighted by atomic mass is 10.2. The molecule has 0 unspecified atom stereocenters. The fourth-order valence-electron chi connectivity index (χ4n) is 1.96. The Kier molecular flexibility index (Phi) is 6.64. The van der Waals surface area contributed by atoms with Crippen molar-refractivity contribution in [2.45, 2.75) is 20.5 Å². The maximum atomic E-state index is 5.57. The smallest absolute Gasteiger partial charge is 0.128 e. The van der Waals surface area contributed by atoms with Crippen LogP contribution in [0.3, 0.4) is 0 Å². The molecule has 0 aliphatic carbocycles. The number of nitrogens with zero attached hydrogens (tertiary/aromatic N) is 1. The molecule has 0 spiro atoms. The van der Waals surface area contributed by atoms with Gasteiger partial charge in [-0.3, -0.25) is 0 Å². The van der Waals surface area contributed by atoms with E-state index in [1.165, 1.54) is 0 Å². The topological polar surface area (TPSA) is 31.4 Å². The highest BCUT2D eigenvalue weighted by molar-refractivity contribution is 9.11. The van der Waals surface area contributed by atoms with Gasteiger partial charge in [-0.2, -0.15) is 0 Å². The van der Waals surface area contributed by atoms with Crippen LogP contribution >= 0.6 is 31.9 Å². The lowest BCUT2D eigenvalue weighted by Crippen LogP contribution is -1.96. The highest BCUT2D eigenvalue weighted by Gasteiger charge is 2.09. The molecule has 120 valence electrons. The van der Waals surface area contributed by atoms with E-state index in [1.807, 2.05) is 38.1 Å². The normalized spacial score (nSPS) is 10.1. The number of aryl methyl sites for hydroxylation is 1. The Morgan fingerprint density at radius 3 is 2.43 bits per heavy atom. The van der Waals surface area contributed by atoms with E-state index in [9.17, 15) is 0 Å². The van der Waals surface area contributed by atoms with Gasteiger partial charge in [0.15, 0.2) is 0 Å². The average molecular weight is 439 g/mol. The minimum atomic E-state index is 0.355. The van der Waals surface area contributed by atoms with E-state index in [1.54, 1.807) is 7.11 Å². The van der Waals surface area contributed by atoms with E-state index in [0.29, 0.717) is 13.2 Å². The molecule has 2 aromatic rings. The lowest BCUT2D eigenvalue weighted by molar-refractivity contribution is 0.153. The summed E-state index contributed by atoms with van der Waals surface area (Å²) in [6.45, 7) is 4.85. The van der Waals surface area contributed by atoms with Crippen LogP contribution in [-0.4, -0.2) is 18.7 Å². The van der Waals surface area contributed by atoms with Gasteiger partial charge < -0.3 is 9.47 Å². The predicted octanol–water partition coefficient (Wildman–Crippen LogP) is 4.80. The van der Waals surface area contributed by atoms with Gasteiger partial charge in [-0.1, -0.05) is 18.1 Å². The number of hydrogen-bond acceptors (Lipinski definition) is 3. The number of rotatable bonds is 4. The second kappa shape index (κ2) is 8.49. The second-order valence-corrected chi connectivity index (χ2v) is 6.53. The fraction of sp³-hybridized carbons (Fsp3) is 0.278. The van der Waals surface area contributed by atoms with E-state index in [4.69, 9.17) is 9.47 Å². The van der Waals surface area contributed by atoms with Crippen molar-refractivity contribution in [3.63, 3.8) is 0 Å². The Hall–Kier alpha value is -1.35. The van der Waals surface area contributed by atoms with Crippen LogP contribution in [0, 0.1) is 25.7 Å². The summed E-state index contributed by atoms with van der Waals surface area (Å²) in [4.78, 5) is 4.47. The minimum absolute atomic E-state index is 0.355. The number of pyridine rings is 1. The molecule has 5 heteroatoms. The summed E-state index contributed by atoms with van der Waals surface area (Å²) in [5.41, 5.74) is 3.84. The highest BCUT2D eigenvalue weighted by Crippen LogP contribution is 2.28. The summed E-state index contributed by atoms with van der Waals surface area (Å²) in [6.07, 6.45) is 0. The van der Waals surface area contributed by atoms with Gasteiger partial charge in [0.05, 0.1) is 23.9 Å². The van der Waals surface area contributed by atoms with Gasteiger partial charge in [-0.25, -0.2) is 4.98 Å². The first-order chi connectivity index (χ1) is 11.0. The molecule has 0 N–H and O–H groups in total. The molecule has 23 heavy (non-hydrogen) atoms. The Balaban J connectivity index is 1.93. The van der Waals surface area contributed by atoms with Crippen molar-refractivity contribution in [2.24, 2.45) is 0 Å². The van der Waals surface area contributed by atoms with Gasteiger partial charge in [0.2, 0.25) is 0 Å². The van der Waals surface area contributed by atoms with E-state index in [-0.39, 0.29) is 0 Å². The second-order valence-electron chi connectivity index (χ2n) is 4.94. The van der Waals surface area contributed by atoms with Crippen molar-refractivity contribution in [1.29, 1.82) is 0 Å². The zero-order valence-corrected chi connectivity index (χ0v) is 16.4. The molecule has 0 radical (unpaired) electrons. The number of ether oxygens (including phenoxy) is 2. The van der Waals surface area contributed by atoms with Crippen LogP contribution in [0.4, 0.5) is 0 Å². The summed E-state index contributed by atoms with van der Waals surface area (Å²) >= 11 is 7.06. The zero-order valence-electron chi connectivity index (χ0n) is 13.2. The van der Waals surface area contributed by atoms with Crippen LogP contribution in [0.15, 0.2) is 33.2 Å². The number of methoxy groups -OCH3 is 1. The first kappa shape index (κ1) is 18.0. The Morgan fingerprint density at radius 1 is 1.09 bits per heavy atom. The third kappa shape index (κ3) is 4.81. The highest BCUT2D eigenvalue weighted by atomic mass is 79.9. The molecule has 0 saturated carbocycles. The van der Waals surface area contributed by atoms with Crippen molar-refractivity contribution in [1.82, 2.24) is 4.98 Å². The van der Waals surface area contributed by atoms with Crippen LogP contribution in [0.1, 0.15) is 22.5 Å². The third-order valence-corrected chi connectivity index (χ3v) is 5.41. The van der Waals surface area contributed by atoms with Crippen LogP contribution in [0.5, 0.6) is 5.75 Å². The zero-order chi connectivity index (χ0) is 16.8. The van der Waals surface area contributed by atoms with Gasteiger partial charge in [-0.15, -0.1) is 0 Å². The van der Waals surface area contributed by atoms with Crippen molar-refractivity contribution >= 4 is 31.9 Å². The van der Waals surface area contributed by atoms with Gasteiger partial charge in [0.25, 0.3) is 0 Å². The van der Waals surface area contributed by atoms with Crippen molar-refractivity contribution in [3.8, 4) is 17.6 Å². The van der Waals surface area contributed by atoms with Gasteiger partial charge in [0.1, 0.15) is 18.1 Å². The largest absolute Gasteiger partial charge is 0.497 e. The number of benzene rings is 1. The molecule has 0 saturated heterocycles. The maximum absolute atomic E-state index is 5.57. The summed E-state index contributed by atoms with van der Waals surface area (Å²) in [6, 6.07) is 7.79. The van der Waals surface area contributed by atoms with Gasteiger partial charge in [0, 0.05) is 4.47 Å². The number of halogens is 2. The van der Waals surface area contributed by atoms with Crippen LogP contribution in [0.25, 0.3) is 0 Å². The number of aromatic nitrogens is 1. The third-order valence-electron chi connectivity index (χ3n) is 3.27. The van der Waals surface area contributed by atoms with Crippen LogP contribution in [-0.2, 0) is 11.3 Å². The van der Waals surface area contributed by atoms with E-state index >= 15 is 0 Å². The Morgan fingerprint density at radius 2 is 1.78 bits per heavy atom. The summed E-state index contributed by atoms with van der Waals surface area (Å²) in [5, 5.41) is 0. The fourth-order valence-corrected chi connectivity index (χ4v) is 2.89. The van der Waals surface area contributed by atoms with E-state index < -0.39 is 0 Å². The first-order valence-corrected chi connectivity index (χ1v) is 8.63. The molecule has 2 rings (SSSR count). The molecule has 3 nitrogen and oxygen atoms in total. The molecular formula is C18H17Br2NO2. The Bertz CT molecular complexity index is 746. The molecule has 0 aliphatic rings. The molecule has 1 aromatic heterocycles. The Labute approximate surface area is 153 Å². The summed E-state index contributed by atoms with van der Waals surface area (Å²) < 4.78 is 12.6. The molecule has 1 heterocycles. The average Bonchev–Trinajstić information content (AvgIpc) is 2.57. The number of hydrogen-bond donors (Lipinski definition) is 0. The first-order valence-electron chi connectivity index (χ1n) is 7.04. The lowest BCUT2D eigenvalue weighted by Gasteiger charge is -2.06. The molecule has 0 amide bonds. The van der Waals surface area contributed by atoms with Crippen molar-refractivity contribution in [2.75, 3.05) is 13.7 Å². The maximum Gasteiger partial charge on any atom is 0.128 e. The van der Waals surface area contributed by atoms with Crippen LogP contribution < -0.4 is 4.74 Å². The predicted molar refractivity (Wildman–Crippen MR) is 98.6 cm³/mol. The van der Waals surface area contributed by atoms with Crippen molar-refractivity contribution in [3.05, 3.63) is 55.7 Å². The molecule has 0 aliphatic heterocycles. The standard InChI is InChI=1S/C18H17Br2NO2/c1-12-17(19)13(2)21-16(18(12)20)5-4-10-23-11-14-6-8-15(22-3)9-7-14/h6-9H,10-11H2,1-3H3. The molecule has 0 fully saturated rings. The van der Waals surface area contributed by atoms with Crippen LogP contribution in [0.2, 0.25) is 0 Å². The quantitative estimate of drug-likeness (QED) is 0.507. The van der Waals surface area contributed by atoms with E-state index in [0.717, 1.165) is 37.2 Å². The molecule has 0 bridgehead atoms. The van der Waals surface area contributed by atoms with Gasteiger partial charge in [-0.05, 0) is 74.9 Å². The van der Waals surface area contributed by atoms with E-state index in [2.05, 4.69) is 48.7 Å². The monoisotopic (exact) mass is 437 g/mol. The summed E-state index contributed by atoms with van der Waals surface area (Å²) in [7, 11) is 1.65. The molecule has 1 aromatic carbocycles.